The van der Waals surface area contributed by atoms with Crippen molar-refractivity contribution in [2.45, 2.75) is 9.83 Å². The molecular weight excluding hydrogens is 271 g/mol. The number of allylic oxidation sites excluding steroid dienone is 2. The van der Waals surface area contributed by atoms with Crippen molar-refractivity contribution in [2.24, 2.45) is 0 Å². The number of nitrogens with zero attached hydrogens (tertiary/aromatic N) is 1. The summed E-state index contributed by atoms with van der Waals surface area (Å²) in [5, 5.41) is 10.4. The molecule has 0 saturated carbocycles. The van der Waals surface area contributed by atoms with Gasteiger partial charge in [0, 0.05) is 11.0 Å². The van der Waals surface area contributed by atoms with Crippen molar-refractivity contribution in [3.05, 3.63) is 33.9 Å². The highest BCUT2D eigenvalue weighted by Crippen LogP contribution is 2.37. The standard InChI is InChI=1S/C6H3BrClF2NO2/c7-5-1-3(9)4(10)2-6(5,8)11(12)13/h1-2,5H. The lowest BCUT2D eigenvalue weighted by Crippen LogP contribution is -2.40. The van der Waals surface area contributed by atoms with Crippen LogP contribution in [0.3, 0.4) is 0 Å². The summed E-state index contributed by atoms with van der Waals surface area (Å²) in [5.41, 5.74) is 0. The number of hydrogen-bond donors (Lipinski definition) is 0. The lowest BCUT2D eigenvalue weighted by Gasteiger charge is -2.20. The Morgan fingerprint density at radius 2 is 2.15 bits per heavy atom. The van der Waals surface area contributed by atoms with E-state index in [0.717, 1.165) is 0 Å². The Balaban J connectivity index is 3.12. The van der Waals surface area contributed by atoms with Crippen molar-refractivity contribution < 1.29 is 13.7 Å². The number of alkyl halides is 2. The van der Waals surface area contributed by atoms with Crippen LogP contribution in [-0.4, -0.2) is 14.7 Å². The van der Waals surface area contributed by atoms with Crippen molar-refractivity contribution in [3.63, 3.8) is 0 Å². The highest BCUT2D eigenvalue weighted by Gasteiger charge is 2.48. The van der Waals surface area contributed by atoms with Crippen LogP contribution in [0.5, 0.6) is 0 Å². The van der Waals surface area contributed by atoms with Crippen molar-refractivity contribution in [1.82, 2.24) is 0 Å². The van der Waals surface area contributed by atoms with Gasteiger partial charge in [-0.2, -0.15) is 0 Å². The molecule has 1 rings (SSSR count). The first-order valence-electron chi connectivity index (χ1n) is 3.11. The van der Waals surface area contributed by atoms with Crippen LogP contribution in [0.15, 0.2) is 23.8 Å². The summed E-state index contributed by atoms with van der Waals surface area (Å²) in [6.07, 6.45) is 1.15. The van der Waals surface area contributed by atoms with Gasteiger partial charge in [0.05, 0.1) is 0 Å². The number of hydrogen-bond acceptors (Lipinski definition) is 2. The van der Waals surface area contributed by atoms with E-state index in [1.54, 1.807) is 0 Å². The third-order valence-corrected chi connectivity index (χ3v) is 3.22. The van der Waals surface area contributed by atoms with Crippen LogP contribution in [0, 0.1) is 10.1 Å². The van der Waals surface area contributed by atoms with E-state index < -0.39 is 26.4 Å². The van der Waals surface area contributed by atoms with Gasteiger partial charge in [0.15, 0.2) is 11.7 Å². The molecule has 7 heteroatoms. The zero-order valence-corrected chi connectivity index (χ0v) is 8.35. The summed E-state index contributed by atoms with van der Waals surface area (Å²) in [7, 11) is 0. The van der Waals surface area contributed by atoms with Gasteiger partial charge in [0.25, 0.3) is 0 Å². The number of halogens is 4. The maximum absolute atomic E-state index is 12.6. The molecule has 0 radical (unpaired) electrons. The Morgan fingerprint density at radius 3 is 2.62 bits per heavy atom. The summed E-state index contributed by atoms with van der Waals surface area (Å²) >= 11 is 8.23. The van der Waals surface area contributed by atoms with E-state index >= 15 is 0 Å². The number of nitro groups is 1. The van der Waals surface area contributed by atoms with Crippen molar-refractivity contribution in [1.29, 1.82) is 0 Å². The molecular formula is C6H3BrClF2NO2. The van der Waals surface area contributed by atoms with Gasteiger partial charge in [-0.1, -0.05) is 15.9 Å². The zero-order chi connectivity index (χ0) is 10.2. The van der Waals surface area contributed by atoms with Crippen LogP contribution >= 0.6 is 27.5 Å². The van der Waals surface area contributed by atoms with E-state index in [9.17, 15) is 18.9 Å². The van der Waals surface area contributed by atoms with Gasteiger partial charge in [-0.25, -0.2) is 8.78 Å². The molecule has 1 aliphatic carbocycles. The quantitative estimate of drug-likeness (QED) is 0.319. The van der Waals surface area contributed by atoms with E-state index in [0.29, 0.717) is 12.2 Å². The van der Waals surface area contributed by atoms with E-state index in [2.05, 4.69) is 15.9 Å². The van der Waals surface area contributed by atoms with E-state index in [4.69, 9.17) is 11.6 Å². The molecule has 0 aromatic carbocycles. The zero-order valence-electron chi connectivity index (χ0n) is 6.01. The minimum Gasteiger partial charge on any atom is -0.262 e. The minimum atomic E-state index is -2.15. The molecule has 0 amide bonds. The van der Waals surface area contributed by atoms with Gasteiger partial charge in [0.1, 0.15) is 4.83 Å². The van der Waals surface area contributed by atoms with Crippen molar-refractivity contribution in [3.8, 4) is 0 Å². The summed E-state index contributed by atoms with van der Waals surface area (Å²) in [6.45, 7) is 0. The fraction of sp³-hybridized carbons (Fsp3) is 0.333. The lowest BCUT2D eigenvalue weighted by atomic mass is 10.1. The molecule has 2 unspecified atom stereocenters. The topological polar surface area (TPSA) is 43.1 Å². The normalized spacial score (nSPS) is 33.7. The highest BCUT2D eigenvalue weighted by molar-refractivity contribution is 9.09. The fourth-order valence-electron chi connectivity index (χ4n) is 0.805. The van der Waals surface area contributed by atoms with Gasteiger partial charge in [0.2, 0.25) is 0 Å². The maximum atomic E-state index is 12.6. The second-order valence-corrected chi connectivity index (χ2v) is 3.99. The Bertz CT molecular complexity index is 320. The van der Waals surface area contributed by atoms with Crippen LogP contribution in [0.2, 0.25) is 0 Å². The average Bonchev–Trinajstić information content (AvgIpc) is 2.01. The Labute approximate surface area is 85.3 Å². The van der Waals surface area contributed by atoms with Gasteiger partial charge in [-0.15, -0.1) is 0 Å². The molecule has 0 aliphatic heterocycles. The van der Waals surface area contributed by atoms with E-state index in [1.165, 1.54) is 0 Å². The molecule has 13 heavy (non-hydrogen) atoms. The third kappa shape index (κ3) is 1.73. The fourth-order valence-corrected chi connectivity index (χ4v) is 1.49. The first-order chi connectivity index (χ1) is 5.88. The third-order valence-electron chi connectivity index (χ3n) is 1.52. The smallest absolute Gasteiger partial charge is 0.262 e. The van der Waals surface area contributed by atoms with Crippen molar-refractivity contribution in [2.75, 3.05) is 0 Å². The molecule has 0 bridgehead atoms. The molecule has 1 aliphatic rings. The highest BCUT2D eigenvalue weighted by atomic mass is 79.9. The van der Waals surface area contributed by atoms with Crippen LogP contribution in [0.4, 0.5) is 8.78 Å². The average molecular weight is 274 g/mol. The van der Waals surface area contributed by atoms with Crippen molar-refractivity contribution >= 4 is 27.5 Å². The van der Waals surface area contributed by atoms with Crippen LogP contribution in [-0.2, 0) is 0 Å². The Morgan fingerprint density at radius 1 is 1.62 bits per heavy atom. The summed E-state index contributed by atoms with van der Waals surface area (Å²) in [6, 6.07) is 0. The second kappa shape index (κ2) is 3.34. The first-order valence-corrected chi connectivity index (χ1v) is 4.41. The van der Waals surface area contributed by atoms with Gasteiger partial charge in [-0.3, -0.25) is 10.1 Å². The van der Waals surface area contributed by atoms with E-state index in [1.807, 2.05) is 0 Å². The maximum Gasteiger partial charge on any atom is 0.332 e. The summed E-state index contributed by atoms with van der Waals surface area (Å²) in [4.78, 5) is 6.30. The van der Waals surface area contributed by atoms with Crippen LogP contribution in [0.25, 0.3) is 0 Å². The summed E-state index contributed by atoms with van der Waals surface area (Å²) in [5.74, 6) is -2.47. The Hall–Kier alpha value is -0.490. The van der Waals surface area contributed by atoms with Gasteiger partial charge in [-0.05, 0) is 17.7 Å². The molecule has 0 aromatic heterocycles. The van der Waals surface area contributed by atoms with E-state index in [-0.39, 0.29) is 0 Å². The predicted octanol–water partition coefficient (Wildman–Crippen LogP) is 2.68. The molecule has 0 fully saturated rings. The largest absolute Gasteiger partial charge is 0.332 e. The molecule has 2 atom stereocenters. The predicted molar refractivity (Wildman–Crippen MR) is 46.7 cm³/mol. The molecule has 3 nitrogen and oxygen atoms in total. The monoisotopic (exact) mass is 273 g/mol. The lowest BCUT2D eigenvalue weighted by molar-refractivity contribution is -0.525. The summed E-state index contributed by atoms with van der Waals surface area (Å²) < 4.78 is 25.2. The Kier molecular flexibility index (Phi) is 2.72. The van der Waals surface area contributed by atoms with Gasteiger partial charge >= 0.3 is 5.00 Å². The molecule has 0 aromatic rings. The first kappa shape index (κ1) is 10.6. The molecule has 0 N–H and O–H groups in total. The van der Waals surface area contributed by atoms with Gasteiger partial charge < -0.3 is 0 Å². The molecule has 0 heterocycles. The number of rotatable bonds is 1. The van der Waals surface area contributed by atoms with Crippen LogP contribution < -0.4 is 0 Å². The minimum absolute atomic E-state index is 0.434. The second-order valence-electron chi connectivity index (χ2n) is 2.39. The SMILES string of the molecule is O=[N+]([O-])C1(Cl)C=C(F)C(F)=CC1Br. The molecule has 0 spiro atoms. The van der Waals surface area contributed by atoms with Crippen LogP contribution in [0.1, 0.15) is 0 Å². The molecule has 0 saturated heterocycles. The molecule has 72 valence electrons.